The number of aromatic nitrogens is 1. The zero-order chi connectivity index (χ0) is 18.4. The number of hydrogen-bond acceptors (Lipinski definition) is 3. The normalized spacial score (nSPS) is 35.3. The average molecular weight is 367 g/mol. The van der Waals surface area contributed by atoms with E-state index in [9.17, 15) is 9.59 Å². The van der Waals surface area contributed by atoms with Crippen LogP contribution in [0.3, 0.4) is 0 Å². The van der Waals surface area contributed by atoms with E-state index in [1.165, 1.54) is 19.3 Å². The lowest BCUT2D eigenvalue weighted by molar-refractivity contribution is -0.147. The minimum Gasteiger partial charge on any atom is -0.353 e. The quantitative estimate of drug-likeness (QED) is 0.893. The van der Waals surface area contributed by atoms with Crippen molar-refractivity contribution in [2.45, 2.75) is 57.4 Å². The Morgan fingerprint density at radius 2 is 1.63 bits per heavy atom. The highest BCUT2D eigenvalue weighted by atomic mass is 16.2. The maximum absolute atomic E-state index is 13.2. The maximum Gasteiger partial charge on any atom is 0.272 e. The Morgan fingerprint density at radius 1 is 1.00 bits per heavy atom. The molecule has 4 aliphatic carbocycles. The molecular weight excluding hydrogens is 338 g/mol. The van der Waals surface area contributed by atoms with Gasteiger partial charge in [-0.1, -0.05) is 6.07 Å². The SMILES string of the molecule is O=C(c1ccccn1)N1CCC(NC(=O)C23CC4CC(CC(C4)C2)C3)CC1. The summed E-state index contributed by atoms with van der Waals surface area (Å²) in [5, 5.41) is 3.38. The van der Waals surface area contributed by atoms with Crippen LogP contribution in [-0.2, 0) is 4.79 Å². The van der Waals surface area contributed by atoms with E-state index in [1.807, 2.05) is 17.0 Å². The third-order valence-corrected chi connectivity index (χ3v) is 7.52. The molecule has 144 valence electrons. The summed E-state index contributed by atoms with van der Waals surface area (Å²) < 4.78 is 0. The number of likely N-dealkylation sites (tertiary alicyclic amines) is 1. The van der Waals surface area contributed by atoms with Crippen LogP contribution in [-0.4, -0.2) is 40.8 Å². The summed E-state index contributed by atoms with van der Waals surface area (Å²) in [5.41, 5.74) is 0.434. The van der Waals surface area contributed by atoms with Gasteiger partial charge in [-0.25, -0.2) is 0 Å². The summed E-state index contributed by atoms with van der Waals surface area (Å²) in [7, 11) is 0. The molecule has 1 N–H and O–H groups in total. The molecule has 0 spiro atoms. The van der Waals surface area contributed by atoms with Gasteiger partial charge in [-0.15, -0.1) is 0 Å². The van der Waals surface area contributed by atoms with Crippen molar-refractivity contribution in [3.05, 3.63) is 30.1 Å². The van der Waals surface area contributed by atoms with Gasteiger partial charge < -0.3 is 10.2 Å². The second kappa shape index (κ2) is 6.61. The van der Waals surface area contributed by atoms with Crippen molar-refractivity contribution < 1.29 is 9.59 Å². The highest BCUT2D eigenvalue weighted by molar-refractivity contribution is 5.92. The molecule has 4 saturated carbocycles. The van der Waals surface area contributed by atoms with Crippen LogP contribution >= 0.6 is 0 Å². The third-order valence-electron chi connectivity index (χ3n) is 7.52. The summed E-state index contributed by atoms with van der Waals surface area (Å²) in [5.74, 6) is 2.69. The van der Waals surface area contributed by atoms with Gasteiger partial charge in [-0.3, -0.25) is 14.6 Å². The van der Waals surface area contributed by atoms with E-state index < -0.39 is 0 Å². The molecule has 0 unspecified atom stereocenters. The lowest BCUT2D eigenvalue weighted by atomic mass is 9.49. The molecule has 0 atom stereocenters. The molecule has 1 aliphatic heterocycles. The van der Waals surface area contributed by atoms with Gasteiger partial charge in [0.05, 0.1) is 0 Å². The summed E-state index contributed by atoms with van der Waals surface area (Å²) in [6, 6.07) is 5.64. The second-order valence-electron chi connectivity index (χ2n) is 9.45. The van der Waals surface area contributed by atoms with E-state index in [1.54, 1.807) is 12.3 Å². The first-order valence-electron chi connectivity index (χ1n) is 10.6. The van der Waals surface area contributed by atoms with E-state index in [0.29, 0.717) is 24.7 Å². The lowest BCUT2D eigenvalue weighted by Crippen LogP contribution is -2.56. The largest absolute Gasteiger partial charge is 0.353 e. The van der Waals surface area contributed by atoms with Gasteiger partial charge in [0.25, 0.3) is 5.91 Å². The number of nitrogens with one attached hydrogen (secondary N) is 1. The highest BCUT2D eigenvalue weighted by Gasteiger charge is 2.54. The molecule has 1 aromatic heterocycles. The molecule has 0 radical (unpaired) electrons. The smallest absolute Gasteiger partial charge is 0.272 e. The third kappa shape index (κ3) is 3.15. The number of carbonyl (C=O) groups excluding carboxylic acids is 2. The Hall–Kier alpha value is -1.91. The van der Waals surface area contributed by atoms with Gasteiger partial charge >= 0.3 is 0 Å². The van der Waals surface area contributed by atoms with Crippen LogP contribution in [0.4, 0.5) is 0 Å². The second-order valence-corrected chi connectivity index (χ2v) is 9.45. The van der Waals surface area contributed by atoms with Crippen LogP contribution in [0.2, 0.25) is 0 Å². The zero-order valence-corrected chi connectivity index (χ0v) is 15.9. The fourth-order valence-corrected chi connectivity index (χ4v) is 6.61. The highest BCUT2D eigenvalue weighted by Crippen LogP contribution is 2.60. The van der Waals surface area contributed by atoms with Gasteiger partial charge in [-0.05, 0) is 81.3 Å². The number of amides is 2. The first-order valence-corrected chi connectivity index (χ1v) is 10.6. The predicted molar refractivity (Wildman–Crippen MR) is 102 cm³/mol. The van der Waals surface area contributed by atoms with Crippen molar-refractivity contribution in [3.8, 4) is 0 Å². The molecule has 2 amide bonds. The minimum absolute atomic E-state index is 0.00135. The Balaban J connectivity index is 1.18. The van der Waals surface area contributed by atoms with Crippen molar-refractivity contribution in [3.63, 3.8) is 0 Å². The van der Waals surface area contributed by atoms with Gasteiger partial charge in [-0.2, -0.15) is 0 Å². The number of carbonyl (C=O) groups is 2. The first-order chi connectivity index (χ1) is 13.1. The Bertz CT molecular complexity index is 689. The fraction of sp³-hybridized carbons (Fsp3) is 0.682. The number of piperidine rings is 1. The molecule has 5 fully saturated rings. The summed E-state index contributed by atoms with van der Waals surface area (Å²) >= 11 is 0. The predicted octanol–water partition coefficient (Wildman–Crippen LogP) is 3.02. The van der Waals surface area contributed by atoms with Crippen molar-refractivity contribution in [1.29, 1.82) is 0 Å². The van der Waals surface area contributed by atoms with E-state index >= 15 is 0 Å². The average Bonchev–Trinajstić information content (AvgIpc) is 2.68. The molecule has 1 aromatic rings. The summed E-state index contributed by atoms with van der Waals surface area (Å²) in [6.07, 6.45) is 10.8. The molecule has 6 rings (SSSR count). The molecular formula is C22H29N3O2. The Morgan fingerprint density at radius 3 is 2.19 bits per heavy atom. The lowest BCUT2D eigenvalue weighted by Gasteiger charge is -2.56. The van der Waals surface area contributed by atoms with Gasteiger partial charge in [0.1, 0.15) is 5.69 Å². The summed E-state index contributed by atoms with van der Waals surface area (Å²) in [4.78, 5) is 31.8. The molecule has 1 saturated heterocycles. The van der Waals surface area contributed by atoms with Crippen LogP contribution in [0.15, 0.2) is 24.4 Å². The topological polar surface area (TPSA) is 62.3 Å². The van der Waals surface area contributed by atoms with E-state index in [2.05, 4.69) is 10.3 Å². The number of nitrogens with zero attached hydrogens (tertiary/aromatic N) is 2. The Kier molecular flexibility index (Phi) is 4.21. The monoisotopic (exact) mass is 367 g/mol. The van der Waals surface area contributed by atoms with Gasteiger partial charge in [0.15, 0.2) is 0 Å². The molecule has 27 heavy (non-hydrogen) atoms. The number of pyridine rings is 1. The standard InChI is InChI=1S/C22H29N3O2/c26-20(19-3-1-2-6-23-19)25-7-4-18(5-8-25)24-21(27)22-12-15-9-16(13-22)11-17(10-15)14-22/h1-3,6,15-18H,4-5,7-14H2,(H,24,27). The molecule has 5 heteroatoms. The van der Waals surface area contributed by atoms with Crippen LogP contribution < -0.4 is 5.32 Å². The zero-order valence-electron chi connectivity index (χ0n) is 15.9. The number of hydrogen-bond donors (Lipinski definition) is 1. The molecule has 4 bridgehead atoms. The van der Waals surface area contributed by atoms with Crippen LogP contribution in [0, 0.1) is 23.2 Å². The van der Waals surface area contributed by atoms with Gasteiger partial charge in [0.2, 0.25) is 5.91 Å². The van der Waals surface area contributed by atoms with Crippen LogP contribution in [0.25, 0.3) is 0 Å². The van der Waals surface area contributed by atoms with E-state index in [-0.39, 0.29) is 17.4 Å². The maximum atomic E-state index is 13.2. The van der Waals surface area contributed by atoms with Crippen LogP contribution in [0.5, 0.6) is 0 Å². The Labute approximate surface area is 160 Å². The van der Waals surface area contributed by atoms with Crippen molar-refractivity contribution in [2.75, 3.05) is 13.1 Å². The van der Waals surface area contributed by atoms with Crippen LogP contribution in [0.1, 0.15) is 61.9 Å². The van der Waals surface area contributed by atoms with Gasteiger partial charge in [0, 0.05) is 30.7 Å². The summed E-state index contributed by atoms with van der Waals surface area (Å²) in [6.45, 7) is 1.39. The minimum atomic E-state index is -0.0737. The van der Waals surface area contributed by atoms with Crippen molar-refractivity contribution in [2.24, 2.45) is 23.2 Å². The van der Waals surface area contributed by atoms with E-state index in [0.717, 1.165) is 49.9 Å². The molecule has 5 nitrogen and oxygen atoms in total. The molecule has 5 aliphatic rings. The van der Waals surface area contributed by atoms with Crippen molar-refractivity contribution >= 4 is 11.8 Å². The fourth-order valence-electron chi connectivity index (χ4n) is 6.61. The molecule has 2 heterocycles. The molecule has 0 aromatic carbocycles. The van der Waals surface area contributed by atoms with Crippen molar-refractivity contribution in [1.82, 2.24) is 15.2 Å². The number of rotatable bonds is 3. The first kappa shape index (κ1) is 17.2. The van der Waals surface area contributed by atoms with E-state index in [4.69, 9.17) is 0 Å².